The summed E-state index contributed by atoms with van der Waals surface area (Å²) in [5.74, 6) is -0.203. The molecule has 1 N–H and O–H groups in total. The van der Waals surface area contributed by atoms with Gasteiger partial charge in [-0.05, 0) is 31.0 Å². The summed E-state index contributed by atoms with van der Waals surface area (Å²) in [5, 5.41) is 3.05. The first-order valence-corrected chi connectivity index (χ1v) is 6.71. The number of nitrogens with zero attached hydrogens (tertiary/aromatic N) is 2. The lowest BCUT2D eigenvalue weighted by molar-refractivity contribution is 0.273. The molecule has 0 bridgehead atoms. The van der Waals surface area contributed by atoms with Crippen molar-refractivity contribution in [1.29, 1.82) is 0 Å². The summed E-state index contributed by atoms with van der Waals surface area (Å²) in [5.41, 5.74) is 4.17. The van der Waals surface area contributed by atoms with Gasteiger partial charge in [0.05, 0.1) is 10.2 Å². The van der Waals surface area contributed by atoms with Crippen molar-refractivity contribution >= 4 is 26.7 Å². The van der Waals surface area contributed by atoms with Gasteiger partial charge >= 0.3 is 0 Å². The van der Waals surface area contributed by atoms with Crippen LogP contribution in [0.1, 0.15) is 19.3 Å². The smallest absolute Gasteiger partial charge is 0.198 e. The normalized spacial score (nSPS) is 17.5. The molecule has 5 heteroatoms. The molecule has 0 amide bonds. The summed E-state index contributed by atoms with van der Waals surface area (Å²) in [6.45, 7) is 2.12. The quantitative estimate of drug-likeness (QED) is 0.888. The molecule has 1 aromatic carbocycles. The molecule has 0 aliphatic carbocycles. The van der Waals surface area contributed by atoms with Gasteiger partial charge in [0.25, 0.3) is 0 Å². The van der Waals surface area contributed by atoms with Crippen LogP contribution in [0.3, 0.4) is 0 Å². The third-order valence-electron chi connectivity index (χ3n) is 2.96. The van der Waals surface area contributed by atoms with Gasteiger partial charge in [-0.1, -0.05) is 17.8 Å². The van der Waals surface area contributed by atoms with E-state index in [9.17, 15) is 4.39 Å². The predicted octanol–water partition coefficient (Wildman–Crippen LogP) is 3.25. The van der Waals surface area contributed by atoms with Gasteiger partial charge in [0.15, 0.2) is 5.13 Å². The molecule has 2 heterocycles. The molecule has 0 radical (unpaired) electrons. The van der Waals surface area contributed by atoms with Gasteiger partial charge in [0.2, 0.25) is 0 Å². The molecule has 2 aromatic rings. The standard InChI is InChI=1S/C12H14FN3S/c13-9-4-5-10-11(8-9)17-12(14-10)15-16-6-2-1-3-7-16/h4-5,8H,1-3,6-7H2,(H,14,15). The van der Waals surface area contributed by atoms with Crippen molar-refractivity contribution in [3.8, 4) is 0 Å². The number of hydrogen-bond acceptors (Lipinski definition) is 4. The molecule has 0 unspecified atom stereocenters. The molecular formula is C12H14FN3S. The molecule has 1 aromatic heterocycles. The second-order valence-electron chi connectivity index (χ2n) is 4.29. The van der Waals surface area contributed by atoms with E-state index < -0.39 is 0 Å². The first-order chi connectivity index (χ1) is 8.31. The predicted molar refractivity (Wildman–Crippen MR) is 68.6 cm³/mol. The Morgan fingerprint density at radius 2 is 2.06 bits per heavy atom. The molecule has 0 saturated carbocycles. The Kier molecular flexibility index (Phi) is 2.94. The van der Waals surface area contributed by atoms with Crippen LogP contribution < -0.4 is 5.43 Å². The Bertz CT molecular complexity index is 519. The fourth-order valence-corrected chi connectivity index (χ4v) is 3.00. The molecule has 0 atom stereocenters. The Morgan fingerprint density at radius 1 is 1.24 bits per heavy atom. The van der Waals surface area contributed by atoms with Crippen molar-refractivity contribution in [3.05, 3.63) is 24.0 Å². The summed E-state index contributed by atoms with van der Waals surface area (Å²) >= 11 is 1.50. The fourth-order valence-electron chi connectivity index (χ4n) is 2.09. The molecule has 17 heavy (non-hydrogen) atoms. The molecular weight excluding hydrogens is 237 g/mol. The largest absolute Gasteiger partial charge is 0.294 e. The lowest BCUT2D eigenvalue weighted by atomic mass is 10.2. The van der Waals surface area contributed by atoms with Gasteiger partial charge in [0, 0.05) is 13.1 Å². The number of piperidine rings is 1. The molecule has 3 rings (SSSR count). The highest BCUT2D eigenvalue weighted by Gasteiger charge is 2.12. The summed E-state index contributed by atoms with van der Waals surface area (Å²) in [6.07, 6.45) is 3.77. The number of hydrogen-bond donors (Lipinski definition) is 1. The van der Waals surface area contributed by atoms with Crippen molar-refractivity contribution in [2.45, 2.75) is 19.3 Å². The van der Waals surface area contributed by atoms with Crippen molar-refractivity contribution in [2.24, 2.45) is 0 Å². The second kappa shape index (κ2) is 4.58. The van der Waals surface area contributed by atoms with E-state index in [4.69, 9.17) is 0 Å². The van der Waals surface area contributed by atoms with Crippen molar-refractivity contribution in [3.63, 3.8) is 0 Å². The van der Waals surface area contributed by atoms with Gasteiger partial charge in [-0.3, -0.25) is 5.43 Å². The third-order valence-corrected chi connectivity index (χ3v) is 3.88. The van der Waals surface area contributed by atoms with E-state index in [0.717, 1.165) is 28.4 Å². The number of rotatable bonds is 2. The molecule has 3 nitrogen and oxygen atoms in total. The van der Waals surface area contributed by atoms with Crippen LogP contribution in [-0.2, 0) is 0 Å². The number of anilines is 1. The van der Waals surface area contributed by atoms with Crippen molar-refractivity contribution in [2.75, 3.05) is 18.5 Å². The number of fused-ring (bicyclic) bond motifs is 1. The number of aromatic nitrogens is 1. The maximum atomic E-state index is 13.1. The molecule has 0 spiro atoms. The molecule has 1 fully saturated rings. The van der Waals surface area contributed by atoms with Crippen LogP contribution >= 0.6 is 11.3 Å². The topological polar surface area (TPSA) is 28.2 Å². The Hall–Kier alpha value is -1.20. The lowest BCUT2D eigenvalue weighted by Gasteiger charge is -2.26. The molecule has 1 aliphatic heterocycles. The van der Waals surface area contributed by atoms with Gasteiger partial charge in [0.1, 0.15) is 5.82 Å². The summed E-state index contributed by atoms with van der Waals surface area (Å²) in [4.78, 5) is 4.45. The van der Waals surface area contributed by atoms with E-state index in [1.165, 1.54) is 42.7 Å². The van der Waals surface area contributed by atoms with Gasteiger partial charge in [-0.25, -0.2) is 14.4 Å². The van der Waals surface area contributed by atoms with Crippen LogP contribution in [-0.4, -0.2) is 23.1 Å². The van der Waals surface area contributed by atoms with Crippen molar-refractivity contribution in [1.82, 2.24) is 9.99 Å². The van der Waals surface area contributed by atoms with E-state index in [-0.39, 0.29) is 5.82 Å². The zero-order chi connectivity index (χ0) is 11.7. The number of halogens is 1. The highest BCUT2D eigenvalue weighted by atomic mass is 32.1. The maximum absolute atomic E-state index is 13.1. The minimum Gasteiger partial charge on any atom is -0.294 e. The Morgan fingerprint density at radius 3 is 2.88 bits per heavy atom. The van der Waals surface area contributed by atoms with Gasteiger partial charge in [-0.15, -0.1) is 0 Å². The Balaban J connectivity index is 1.80. The average Bonchev–Trinajstić information content (AvgIpc) is 2.71. The van der Waals surface area contributed by atoms with Gasteiger partial charge < -0.3 is 0 Å². The average molecular weight is 251 g/mol. The van der Waals surface area contributed by atoms with E-state index in [0.29, 0.717) is 0 Å². The van der Waals surface area contributed by atoms with Crippen LogP contribution in [0.4, 0.5) is 9.52 Å². The number of nitrogens with one attached hydrogen (secondary N) is 1. The third kappa shape index (κ3) is 2.40. The summed E-state index contributed by atoms with van der Waals surface area (Å²) in [6, 6.07) is 4.71. The monoisotopic (exact) mass is 251 g/mol. The number of thiazole rings is 1. The first kappa shape index (κ1) is 10.9. The van der Waals surface area contributed by atoms with Gasteiger partial charge in [-0.2, -0.15) is 0 Å². The van der Waals surface area contributed by atoms with E-state index >= 15 is 0 Å². The van der Waals surface area contributed by atoms with E-state index in [1.807, 2.05) is 0 Å². The first-order valence-electron chi connectivity index (χ1n) is 5.89. The van der Waals surface area contributed by atoms with E-state index in [2.05, 4.69) is 15.4 Å². The van der Waals surface area contributed by atoms with Crippen LogP contribution in [0.15, 0.2) is 18.2 Å². The highest BCUT2D eigenvalue weighted by Crippen LogP contribution is 2.27. The van der Waals surface area contributed by atoms with E-state index in [1.54, 1.807) is 6.07 Å². The minimum atomic E-state index is -0.203. The summed E-state index contributed by atoms with van der Waals surface area (Å²) in [7, 11) is 0. The SMILES string of the molecule is Fc1ccc2nc(NN3CCCCC3)sc2c1. The van der Waals surface area contributed by atoms with Crippen LogP contribution in [0, 0.1) is 5.82 Å². The van der Waals surface area contributed by atoms with Crippen molar-refractivity contribution < 1.29 is 4.39 Å². The van der Waals surface area contributed by atoms with Crippen LogP contribution in [0.5, 0.6) is 0 Å². The molecule has 1 saturated heterocycles. The minimum absolute atomic E-state index is 0.203. The second-order valence-corrected chi connectivity index (χ2v) is 5.32. The zero-order valence-corrected chi connectivity index (χ0v) is 10.3. The molecule has 1 aliphatic rings. The Labute approximate surface area is 103 Å². The number of hydrazine groups is 1. The van der Waals surface area contributed by atoms with Crippen LogP contribution in [0.25, 0.3) is 10.2 Å². The summed E-state index contributed by atoms with van der Waals surface area (Å²) < 4.78 is 13.9. The zero-order valence-electron chi connectivity index (χ0n) is 9.45. The lowest BCUT2D eigenvalue weighted by Crippen LogP contribution is -2.34. The highest BCUT2D eigenvalue weighted by molar-refractivity contribution is 7.22. The van der Waals surface area contributed by atoms with Crippen LogP contribution in [0.2, 0.25) is 0 Å². The molecule has 90 valence electrons. The fraction of sp³-hybridized carbons (Fsp3) is 0.417. The number of benzene rings is 1. The maximum Gasteiger partial charge on any atom is 0.198 e.